The van der Waals surface area contributed by atoms with E-state index in [1.807, 2.05) is 29.6 Å². The highest BCUT2D eigenvalue weighted by Gasteiger charge is 2.07. The molecule has 1 aromatic heterocycles. The fourth-order valence-electron chi connectivity index (χ4n) is 1.91. The highest BCUT2D eigenvalue weighted by molar-refractivity contribution is 7.14. The number of thiazole rings is 1. The quantitative estimate of drug-likeness (QED) is 0.228. The second-order valence-electron chi connectivity index (χ2n) is 4.76. The maximum Gasteiger partial charge on any atom is 0.211 e. The van der Waals surface area contributed by atoms with Gasteiger partial charge in [-0.3, -0.25) is 5.41 Å². The van der Waals surface area contributed by atoms with Gasteiger partial charge in [0.15, 0.2) is 11.1 Å². The summed E-state index contributed by atoms with van der Waals surface area (Å²) in [5.41, 5.74) is 7.69. The first kappa shape index (κ1) is 18.2. The van der Waals surface area contributed by atoms with Gasteiger partial charge in [-0.25, -0.2) is 4.98 Å². The lowest BCUT2D eigenvalue weighted by molar-refractivity contribution is 0.204. The first-order chi connectivity index (χ1) is 12.1. The molecule has 0 radical (unpaired) electrons. The SMILES string of the molecule is COCCN/C(=N/C#N)Nc1cccc(-c2csc(NC(=N)N)n2)c1. The van der Waals surface area contributed by atoms with Crippen molar-refractivity contribution >= 4 is 34.1 Å². The number of aromatic nitrogens is 1. The van der Waals surface area contributed by atoms with Crippen molar-refractivity contribution in [1.29, 1.82) is 10.7 Å². The van der Waals surface area contributed by atoms with E-state index in [1.54, 1.807) is 13.3 Å². The Hall–Kier alpha value is -3.16. The number of ether oxygens (including phenoxy) is 1. The van der Waals surface area contributed by atoms with Gasteiger partial charge in [0, 0.05) is 30.3 Å². The molecule has 130 valence electrons. The molecular weight excluding hydrogens is 340 g/mol. The normalized spacial score (nSPS) is 10.8. The molecule has 0 saturated heterocycles. The number of nitrogens with two attached hydrogens (primary N) is 1. The summed E-state index contributed by atoms with van der Waals surface area (Å²) < 4.78 is 4.96. The third-order valence-corrected chi connectivity index (χ3v) is 3.69. The van der Waals surface area contributed by atoms with Crippen molar-refractivity contribution in [2.45, 2.75) is 0 Å². The number of benzene rings is 1. The minimum absolute atomic E-state index is 0.157. The number of hydrogen-bond acceptors (Lipinski definition) is 6. The van der Waals surface area contributed by atoms with Crippen LogP contribution in [0.5, 0.6) is 0 Å². The van der Waals surface area contributed by atoms with Crippen LogP contribution in [0, 0.1) is 16.9 Å². The highest BCUT2D eigenvalue weighted by Crippen LogP contribution is 2.26. The molecule has 1 aromatic carbocycles. The predicted octanol–water partition coefficient (Wildman–Crippen LogP) is 1.60. The number of nitrogens with zero attached hydrogens (tertiary/aromatic N) is 3. The molecule has 0 aliphatic carbocycles. The molecule has 0 atom stereocenters. The van der Waals surface area contributed by atoms with E-state index in [0.29, 0.717) is 24.2 Å². The van der Waals surface area contributed by atoms with Gasteiger partial charge >= 0.3 is 0 Å². The summed E-state index contributed by atoms with van der Waals surface area (Å²) in [4.78, 5) is 8.10. The number of aliphatic imine (C=N–C) groups is 1. The Labute approximate surface area is 149 Å². The first-order valence-corrected chi connectivity index (χ1v) is 8.14. The van der Waals surface area contributed by atoms with E-state index in [9.17, 15) is 0 Å². The van der Waals surface area contributed by atoms with E-state index in [0.717, 1.165) is 16.9 Å². The van der Waals surface area contributed by atoms with Gasteiger partial charge < -0.3 is 26.4 Å². The fraction of sp³-hybridized carbons (Fsp3) is 0.200. The molecule has 0 aliphatic heterocycles. The summed E-state index contributed by atoms with van der Waals surface area (Å²) in [7, 11) is 1.60. The molecule has 0 amide bonds. The molecule has 1 heterocycles. The summed E-state index contributed by atoms with van der Waals surface area (Å²) in [6.45, 7) is 1.02. The zero-order chi connectivity index (χ0) is 18.1. The van der Waals surface area contributed by atoms with Crippen molar-refractivity contribution in [3.05, 3.63) is 29.6 Å². The molecule has 0 fully saturated rings. The van der Waals surface area contributed by atoms with Crippen molar-refractivity contribution in [3.8, 4) is 17.5 Å². The average molecular weight is 358 g/mol. The van der Waals surface area contributed by atoms with Crippen LogP contribution in [0.1, 0.15) is 0 Å². The van der Waals surface area contributed by atoms with Crippen LogP contribution in [-0.2, 0) is 4.74 Å². The molecule has 0 spiro atoms. The Kier molecular flexibility index (Phi) is 6.70. The number of hydrogen-bond donors (Lipinski definition) is 5. The third-order valence-electron chi connectivity index (χ3n) is 2.93. The van der Waals surface area contributed by atoms with E-state index in [4.69, 9.17) is 21.1 Å². The highest BCUT2D eigenvalue weighted by atomic mass is 32.1. The zero-order valence-electron chi connectivity index (χ0n) is 13.5. The van der Waals surface area contributed by atoms with Crippen LogP contribution < -0.4 is 21.7 Å². The summed E-state index contributed by atoms with van der Waals surface area (Å²) in [6.07, 6.45) is 1.75. The van der Waals surface area contributed by atoms with Crippen molar-refractivity contribution < 1.29 is 4.74 Å². The molecule has 0 bridgehead atoms. The maximum absolute atomic E-state index is 8.79. The number of nitrogens with one attached hydrogen (secondary N) is 4. The van der Waals surface area contributed by atoms with E-state index in [-0.39, 0.29) is 5.96 Å². The molecule has 0 saturated carbocycles. The summed E-state index contributed by atoms with van der Waals surface area (Å²) >= 11 is 1.36. The Bertz CT molecular complexity index is 795. The fourth-order valence-corrected chi connectivity index (χ4v) is 2.64. The second-order valence-corrected chi connectivity index (χ2v) is 5.62. The molecule has 0 unspecified atom stereocenters. The first-order valence-electron chi connectivity index (χ1n) is 7.26. The van der Waals surface area contributed by atoms with Crippen LogP contribution in [0.15, 0.2) is 34.6 Å². The molecule has 6 N–H and O–H groups in total. The average Bonchev–Trinajstić information content (AvgIpc) is 3.03. The van der Waals surface area contributed by atoms with Crippen LogP contribution >= 0.6 is 11.3 Å². The summed E-state index contributed by atoms with van der Waals surface area (Å²) in [6, 6.07) is 7.53. The van der Waals surface area contributed by atoms with Crippen molar-refractivity contribution in [3.63, 3.8) is 0 Å². The molecule has 2 rings (SSSR count). The lowest BCUT2D eigenvalue weighted by Gasteiger charge is -2.11. The van der Waals surface area contributed by atoms with Gasteiger partial charge in [0.25, 0.3) is 0 Å². The van der Waals surface area contributed by atoms with Crippen molar-refractivity contribution in [2.24, 2.45) is 10.7 Å². The largest absolute Gasteiger partial charge is 0.383 e. The van der Waals surface area contributed by atoms with Crippen molar-refractivity contribution in [2.75, 3.05) is 30.9 Å². The third kappa shape index (κ3) is 5.76. The summed E-state index contributed by atoms with van der Waals surface area (Å²) in [5, 5.41) is 27.1. The molecule has 9 nitrogen and oxygen atoms in total. The van der Waals surface area contributed by atoms with Crippen LogP contribution in [-0.4, -0.2) is 37.2 Å². The minimum atomic E-state index is -0.157. The van der Waals surface area contributed by atoms with Crippen LogP contribution in [0.4, 0.5) is 10.8 Å². The minimum Gasteiger partial charge on any atom is -0.383 e. The van der Waals surface area contributed by atoms with E-state index >= 15 is 0 Å². The molecular formula is C15H18N8OS. The zero-order valence-corrected chi connectivity index (χ0v) is 14.4. The Morgan fingerprint density at radius 3 is 3.04 bits per heavy atom. The molecule has 2 aromatic rings. The van der Waals surface area contributed by atoms with E-state index in [1.165, 1.54) is 11.3 Å². The number of rotatable bonds is 6. The smallest absolute Gasteiger partial charge is 0.211 e. The second kappa shape index (κ2) is 9.21. The number of guanidine groups is 2. The monoisotopic (exact) mass is 358 g/mol. The van der Waals surface area contributed by atoms with Crippen LogP contribution in [0.2, 0.25) is 0 Å². The lowest BCUT2D eigenvalue weighted by Crippen LogP contribution is -2.33. The summed E-state index contributed by atoms with van der Waals surface area (Å²) in [5.74, 6) is 0.185. The standard InChI is InChI=1S/C15H18N8OS/c1-24-6-5-19-14(20-9-16)21-11-4-2-3-10(7-11)12-8-25-15(22-12)23-13(17)18/h2-4,7-8H,5-6H2,1H3,(H2,19,20,21)(H4,17,18,22,23). The number of methoxy groups -OCH3 is 1. The van der Waals surface area contributed by atoms with Gasteiger partial charge in [0.05, 0.1) is 12.3 Å². The van der Waals surface area contributed by atoms with Crippen LogP contribution in [0.25, 0.3) is 11.3 Å². The van der Waals surface area contributed by atoms with E-state index < -0.39 is 0 Å². The number of nitriles is 1. The molecule has 25 heavy (non-hydrogen) atoms. The van der Waals surface area contributed by atoms with Gasteiger partial charge in [-0.2, -0.15) is 5.26 Å². The van der Waals surface area contributed by atoms with E-state index in [2.05, 4.69) is 25.9 Å². The van der Waals surface area contributed by atoms with Gasteiger partial charge in [0.1, 0.15) is 0 Å². The Morgan fingerprint density at radius 1 is 1.48 bits per heavy atom. The lowest BCUT2D eigenvalue weighted by atomic mass is 10.1. The maximum atomic E-state index is 8.79. The predicted molar refractivity (Wildman–Crippen MR) is 99.6 cm³/mol. The van der Waals surface area contributed by atoms with Gasteiger partial charge in [0.2, 0.25) is 12.2 Å². The Balaban J connectivity index is 2.12. The topological polar surface area (TPSA) is 144 Å². The van der Waals surface area contributed by atoms with Crippen molar-refractivity contribution in [1.82, 2.24) is 10.3 Å². The van der Waals surface area contributed by atoms with Gasteiger partial charge in [-0.1, -0.05) is 12.1 Å². The van der Waals surface area contributed by atoms with Gasteiger partial charge in [-0.15, -0.1) is 16.3 Å². The van der Waals surface area contributed by atoms with Crippen LogP contribution in [0.3, 0.4) is 0 Å². The molecule has 10 heteroatoms. The molecule has 0 aliphatic rings. The Morgan fingerprint density at radius 2 is 2.32 bits per heavy atom. The number of anilines is 2. The van der Waals surface area contributed by atoms with Gasteiger partial charge in [-0.05, 0) is 12.1 Å².